The third kappa shape index (κ3) is 3.88. The molecule has 1 unspecified atom stereocenters. The molecule has 0 aliphatic carbocycles. The van der Waals surface area contributed by atoms with Crippen LogP contribution in [0.4, 0.5) is 13.2 Å². The molecular formula is C14H14F3N3O3S. The van der Waals surface area contributed by atoms with Gasteiger partial charge in [-0.15, -0.1) is 10.2 Å². The third-order valence-electron chi connectivity index (χ3n) is 3.15. The largest absolute Gasteiger partial charge is 0.481 e. The van der Waals surface area contributed by atoms with Crippen molar-refractivity contribution in [3.63, 3.8) is 0 Å². The number of halogens is 3. The van der Waals surface area contributed by atoms with Gasteiger partial charge in [-0.3, -0.25) is 9.36 Å². The summed E-state index contributed by atoms with van der Waals surface area (Å²) in [7, 11) is 1.39. The molecule has 0 radical (unpaired) electrons. The van der Waals surface area contributed by atoms with Crippen molar-refractivity contribution >= 4 is 17.7 Å². The summed E-state index contributed by atoms with van der Waals surface area (Å²) in [6, 6.07) is 4.96. The fourth-order valence-electron chi connectivity index (χ4n) is 2.00. The van der Waals surface area contributed by atoms with E-state index in [-0.39, 0.29) is 22.4 Å². The zero-order valence-electron chi connectivity index (χ0n) is 12.7. The second-order valence-electron chi connectivity index (χ2n) is 4.75. The molecular weight excluding hydrogens is 347 g/mol. The number of ether oxygens (including phenoxy) is 1. The van der Waals surface area contributed by atoms with Gasteiger partial charge < -0.3 is 9.84 Å². The van der Waals surface area contributed by atoms with E-state index in [9.17, 15) is 18.0 Å². The molecule has 24 heavy (non-hydrogen) atoms. The smallest absolute Gasteiger partial charge is 0.418 e. The van der Waals surface area contributed by atoms with Crippen LogP contribution in [0.15, 0.2) is 29.4 Å². The number of para-hydroxylation sites is 1. The van der Waals surface area contributed by atoms with E-state index in [4.69, 9.17) is 9.84 Å². The van der Waals surface area contributed by atoms with E-state index in [1.165, 1.54) is 29.9 Å². The first-order valence-corrected chi connectivity index (χ1v) is 7.73. The summed E-state index contributed by atoms with van der Waals surface area (Å²) in [5, 5.41) is 16.5. The van der Waals surface area contributed by atoms with E-state index in [2.05, 4.69) is 10.2 Å². The first kappa shape index (κ1) is 18.3. The van der Waals surface area contributed by atoms with Gasteiger partial charge in [-0.05, 0) is 19.1 Å². The lowest BCUT2D eigenvalue weighted by molar-refractivity contribution is -0.137. The number of thioether (sulfide) groups is 1. The van der Waals surface area contributed by atoms with Crippen LogP contribution in [0.25, 0.3) is 5.69 Å². The maximum atomic E-state index is 13.3. The SMILES string of the molecule is COC(C)c1nnc(SCC(=O)O)n1-c1ccccc1C(F)(F)F. The number of hydrogen-bond donors (Lipinski definition) is 1. The molecule has 10 heteroatoms. The van der Waals surface area contributed by atoms with Gasteiger partial charge in [-0.2, -0.15) is 13.2 Å². The van der Waals surface area contributed by atoms with Crippen molar-refractivity contribution in [2.45, 2.75) is 24.4 Å². The van der Waals surface area contributed by atoms with E-state index < -0.39 is 23.8 Å². The Bertz CT molecular complexity index is 734. The molecule has 1 aromatic carbocycles. The molecule has 1 aromatic heterocycles. The number of aliphatic carboxylic acids is 1. The van der Waals surface area contributed by atoms with Gasteiger partial charge in [0.25, 0.3) is 0 Å². The number of nitrogens with zero attached hydrogens (tertiary/aromatic N) is 3. The third-order valence-corrected chi connectivity index (χ3v) is 4.06. The Balaban J connectivity index is 2.63. The van der Waals surface area contributed by atoms with Crippen LogP contribution in [0.1, 0.15) is 24.4 Å². The van der Waals surface area contributed by atoms with Crippen LogP contribution in [-0.2, 0) is 15.7 Å². The van der Waals surface area contributed by atoms with E-state index in [1.54, 1.807) is 6.92 Å². The second kappa shape index (κ2) is 7.22. The van der Waals surface area contributed by atoms with Crippen molar-refractivity contribution in [1.82, 2.24) is 14.8 Å². The molecule has 0 bridgehead atoms. The Kier molecular flexibility index (Phi) is 5.50. The van der Waals surface area contributed by atoms with E-state index >= 15 is 0 Å². The number of alkyl halides is 3. The molecule has 2 aromatic rings. The van der Waals surface area contributed by atoms with Crippen LogP contribution < -0.4 is 0 Å². The number of carboxylic acid groups (broad SMARTS) is 1. The van der Waals surface area contributed by atoms with Gasteiger partial charge in [0, 0.05) is 7.11 Å². The van der Waals surface area contributed by atoms with Crippen LogP contribution in [0.2, 0.25) is 0 Å². The molecule has 1 heterocycles. The van der Waals surface area contributed by atoms with E-state index in [0.29, 0.717) is 0 Å². The molecule has 1 N–H and O–H groups in total. The molecule has 0 amide bonds. The summed E-state index contributed by atoms with van der Waals surface area (Å²) < 4.78 is 46.3. The van der Waals surface area contributed by atoms with E-state index in [1.807, 2.05) is 0 Å². The predicted octanol–water partition coefficient (Wildman–Crippen LogP) is 3.17. The van der Waals surface area contributed by atoms with Gasteiger partial charge in [0.15, 0.2) is 11.0 Å². The Morgan fingerprint density at radius 2 is 2.04 bits per heavy atom. The summed E-state index contributed by atoms with van der Waals surface area (Å²) in [5.74, 6) is -1.31. The molecule has 0 fully saturated rings. The molecule has 6 nitrogen and oxygen atoms in total. The Morgan fingerprint density at radius 1 is 1.38 bits per heavy atom. The molecule has 0 spiro atoms. The van der Waals surface area contributed by atoms with Crippen molar-refractivity contribution < 1.29 is 27.8 Å². The average Bonchev–Trinajstić information content (AvgIpc) is 2.95. The minimum atomic E-state index is -4.58. The lowest BCUT2D eigenvalue weighted by Gasteiger charge is -2.18. The number of methoxy groups -OCH3 is 1. The lowest BCUT2D eigenvalue weighted by atomic mass is 10.1. The minimum Gasteiger partial charge on any atom is -0.481 e. The zero-order chi connectivity index (χ0) is 17.9. The molecule has 1 atom stereocenters. The van der Waals surface area contributed by atoms with E-state index in [0.717, 1.165) is 17.8 Å². The molecule has 2 rings (SSSR count). The van der Waals surface area contributed by atoms with Gasteiger partial charge >= 0.3 is 12.1 Å². The Labute approximate surface area is 139 Å². The quantitative estimate of drug-likeness (QED) is 0.797. The topological polar surface area (TPSA) is 77.2 Å². The van der Waals surface area contributed by atoms with Crippen LogP contribution >= 0.6 is 11.8 Å². The second-order valence-corrected chi connectivity index (χ2v) is 5.69. The lowest BCUT2D eigenvalue weighted by Crippen LogP contribution is -2.15. The zero-order valence-corrected chi connectivity index (χ0v) is 13.6. The number of benzene rings is 1. The minimum absolute atomic E-state index is 0.0491. The summed E-state index contributed by atoms with van der Waals surface area (Å²) in [4.78, 5) is 10.8. The summed E-state index contributed by atoms with van der Waals surface area (Å²) in [6.07, 6.45) is -5.21. The summed E-state index contributed by atoms with van der Waals surface area (Å²) in [6.45, 7) is 1.61. The standard InChI is InChI=1S/C14H14F3N3O3S/c1-8(23-2)12-18-19-13(24-7-11(21)22)20(12)10-6-4-3-5-9(10)14(15,16)17/h3-6,8H,7H2,1-2H3,(H,21,22). The van der Waals surface area contributed by atoms with Crippen molar-refractivity contribution in [2.24, 2.45) is 0 Å². The summed E-state index contributed by atoms with van der Waals surface area (Å²) >= 11 is 0.785. The number of carbonyl (C=O) groups is 1. The van der Waals surface area contributed by atoms with Crippen LogP contribution in [0.5, 0.6) is 0 Å². The van der Waals surface area contributed by atoms with Crippen molar-refractivity contribution in [3.8, 4) is 5.69 Å². The van der Waals surface area contributed by atoms with Crippen LogP contribution in [0, 0.1) is 0 Å². The monoisotopic (exact) mass is 361 g/mol. The Morgan fingerprint density at radius 3 is 2.62 bits per heavy atom. The highest BCUT2D eigenvalue weighted by atomic mass is 32.2. The fourth-order valence-corrected chi connectivity index (χ4v) is 2.68. The maximum absolute atomic E-state index is 13.3. The average molecular weight is 361 g/mol. The molecule has 0 saturated carbocycles. The number of hydrogen-bond acceptors (Lipinski definition) is 5. The first-order valence-electron chi connectivity index (χ1n) is 6.75. The highest BCUT2D eigenvalue weighted by Gasteiger charge is 2.35. The molecule has 0 aliphatic heterocycles. The number of rotatable bonds is 6. The van der Waals surface area contributed by atoms with Gasteiger partial charge in [0.05, 0.1) is 17.0 Å². The predicted molar refractivity (Wildman–Crippen MR) is 80.1 cm³/mol. The molecule has 0 aliphatic rings. The number of carboxylic acids is 1. The van der Waals surface area contributed by atoms with Crippen molar-refractivity contribution in [1.29, 1.82) is 0 Å². The highest BCUT2D eigenvalue weighted by molar-refractivity contribution is 7.99. The normalized spacial score (nSPS) is 13.0. The first-order chi connectivity index (χ1) is 11.3. The van der Waals surface area contributed by atoms with Crippen LogP contribution in [0.3, 0.4) is 0 Å². The highest BCUT2D eigenvalue weighted by Crippen LogP contribution is 2.36. The van der Waals surface area contributed by atoms with Gasteiger partial charge in [0.1, 0.15) is 6.10 Å². The van der Waals surface area contributed by atoms with Gasteiger partial charge in [-0.1, -0.05) is 23.9 Å². The van der Waals surface area contributed by atoms with Crippen molar-refractivity contribution in [2.75, 3.05) is 12.9 Å². The van der Waals surface area contributed by atoms with Gasteiger partial charge in [0.2, 0.25) is 0 Å². The fraction of sp³-hybridized carbons (Fsp3) is 0.357. The molecule has 0 saturated heterocycles. The Hall–Kier alpha value is -2.07. The van der Waals surface area contributed by atoms with Crippen LogP contribution in [-0.4, -0.2) is 38.7 Å². The van der Waals surface area contributed by atoms with Gasteiger partial charge in [-0.25, -0.2) is 0 Å². The van der Waals surface area contributed by atoms with Crippen molar-refractivity contribution in [3.05, 3.63) is 35.7 Å². The number of aromatic nitrogens is 3. The molecule has 130 valence electrons. The maximum Gasteiger partial charge on any atom is 0.418 e. The summed E-state index contributed by atoms with van der Waals surface area (Å²) in [5.41, 5.74) is -1.05.